The van der Waals surface area contributed by atoms with E-state index in [1.54, 1.807) is 30.3 Å². The quantitative estimate of drug-likeness (QED) is 0.577. The second-order valence-corrected chi connectivity index (χ2v) is 6.60. The highest BCUT2D eigenvalue weighted by Crippen LogP contribution is 2.26. The molecule has 0 atom stereocenters. The third kappa shape index (κ3) is 4.50. The van der Waals surface area contributed by atoms with Crippen molar-refractivity contribution in [3.63, 3.8) is 0 Å². The van der Waals surface area contributed by atoms with E-state index in [9.17, 15) is 14.3 Å². The van der Waals surface area contributed by atoms with Gasteiger partial charge in [0.25, 0.3) is 0 Å². The number of carboxylic acids is 1. The normalized spacial score (nSPS) is 10.7. The van der Waals surface area contributed by atoms with Crippen molar-refractivity contribution in [3.8, 4) is 11.1 Å². The van der Waals surface area contributed by atoms with E-state index >= 15 is 0 Å². The second-order valence-electron chi connectivity index (χ2n) is 6.17. The van der Waals surface area contributed by atoms with Gasteiger partial charge in [-0.1, -0.05) is 48.0 Å². The number of benzene rings is 3. The molecule has 0 saturated carbocycles. The first kappa shape index (κ1) is 18.2. The number of hydrogen-bond acceptors (Lipinski definition) is 1. The minimum absolute atomic E-state index is 0.254. The zero-order valence-corrected chi connectivity index (χ0v) is 14.8. The van der Waals surface area contributed by atoms with Crippen LogP contribution in [-0.4, -0.2) is 11.1 Å². The van der Waals surface area contributed by atoms with Gasteiger partial charge in [-0.05, 0) is 71.8 Å². The van der Waals surface area contributed by atoms with Gasteiger partial charge in [0.05, 0.1) is 5.56 Å². The molecule has 3 aromatic rings. The molecule has 0 aliphatic rings. The number of aryl methyl sites for hydroxylation is 2. The number of halogens is 2. The van der Waals surface area contributed by atoms with Crippen molar-refractivity contribution in [2.24, 2.45) is 0 Å². The Balaban J connectivity index is 1.80. The summed E-state index contributed by atoms with van der Waals surface area (Å²) in [6, 6.07) is 19.3. The maximum Gasteiger partial charge on any atom is 0.335 e. The van der Waals surface area contributed by atoms with Crippen molar-refractivity contribution in [2.75, 3.05) is 0 Å². The van der Waals surface area contributed by atoms with Crippen LogP contribution in [0.25, 0.3) is 11.1 Å². The van der Waals surface area contributed by atoms with E-state index in [1.165, 1.54) is 12.1 Å². The molecule has 0 saturated heterocycles. The Morgan fingerprint density at radius 3 is 2.35 bits per heavy atom. The molecule has 0 spiro atoms. The zero-order chi connectivity index (χ0) is 18.5. The van der Waals surface area contributed by atoms with Gasteiger partial charge in [-0.25, -0.2) is 9.18 Å². The largest absolute Gasteiger partial charge is 0.478 e. The highest BCUT2D eigenvalue weighted by molar-refractivity contribution is 6.30. The van der Waals surface area contributed by atoms with Crippen LogP contribution in [-0.2, 0) is 12.8 Å². The minimum Gasteiger partial charge on any atom is -0.478 e. The zero-order valence-electron chi connectivity index (χ0n) is 14.1. The van der Waals surface area contributed by atoms with Crippen molar-refractivity contribution in [2.45, 2.75) is 19.3 Å². The highest BCUT2D eigenvalue weighted by atomic mass is 35.5. The van der Waals surface area contributed by atoms with Crippen molar-refractivity contribution < 1.29 is 14.3 Å². The monoisotopic (exact) mass is 368 g/mol. The van der Waals surface area contributed by atoms with Crippen LogP contribution in [0.5, 0.6) is 0 Å². The summed E-state index contributed by atoms with van der Waals surface area (Å²) in [7, 11) is 0. The molecule has 0 radical (unpaired) electrons. The molecule has 0 unspecified atom stereocenters. The summed E-state index contributed by atoms with van der Waals surface area (Å²) in [4.78, 5) is 11.5. The molecule has 3 aromatic carbocycles. The molecular formula is C22H18ClFO2. The molecule has 0 aliphatic carbocycles. The van der Waals surface area contributed by atoms with Crippen LogP contribution in [0, 0.1) is 5.82 Å². The summed E-state index contributed by atoms with van der Waals surface area (Å²) in [5.74, 6) is -1.18. The summed E-state index contributed by atoms with van der Waals surface area (Å²) < 4.78 is 13.0. The molecule has 4 heteroatoms. The first-order chi connectivity index (χ1) is 12.5. The molecule has 2 nitrogen and oxygen atoms in total. The second kappa shape index (κ2) is 8.15. The van der Waals surface area contributed by atoms with Gasteiger partial charge < -0.3 is 5.11 Å². The number of hydrogen-bond donors (Lipinski definition) is 1. The average molecular weight is 369 g/mol. The van der Waals surface area contributed by atoms with E-state index in [2.05, 4.69) is 0 Å². The summed E-state index contributed by atoms with van der Waals surface area (Å²) in [5.41, 5.74) is 4.03. The SMILES string of the molecule is O=C(O)c1ccc(-c2cccc(Cl)c2)cc1CCCc1ccc(F)cc1. The van der Waals surface area contributed by atoms with Gasteiger partial charge in [-0.3, -0.25) is 0 Å². The maximum atomic E-state index is 13.0. The molecule has 0 amide bonds. The topological polar surface area (TPSA) is 37.3 Å². The molecule has 132 valence electrons. The first-order valence-corrected chi connectivity index (χ1v) is 8.77. The Morgan fingerprint density at radius 2 is 1.65 bits per heavy atom. The predicted octanol–water partition coefficient (Wildman–Crippen LogP) is 6.02. The van der Waals surface area contributed by atoms with Crippen LogP contribution < -0.4 is 0 Å². The molecule has 3 rings (SSSR count). The van der Waals surface area contributed by atoms with Gasteiger partial charge in [0.1, 0.15) is 5.82 Å². The van der Waals surface area contributed by atoms with E-state index in [0.717, 1.165) is 35.1 Å². The Labute approximate surface area is 156 Å². The third-order valence-corrected chi connectivity index (χ3v) is 4.55. The fourth-order valence-electron chi connectivity index (χ4n) is 2.99. The summed E-state index contributed by atoms with van der Waals surface area (Å²) >= 11 is 6.06. The summed E-state index contributed by atoms with van der Waals surface area (Å²) in [6.45, 7) is 0. The van der Waals surface area contributed by atoms with E-state index in [0.29, 0.717) is 17.0 Å². The van der Waals surface area contributed by atoms with Crippen molar-refractivity contribution in [1.82, 2.24) is 0 Å². The molecule has 0 aromatic heterocycles. The molecule has 26 heavy (non-hydrogen) atoms. The first-order valence-electron chi connectivity index (χ1n) is 8.39. The lowest BCUT2D eigenvalue weighted by Gasteiger charge is -2.10. The van der Waals surface area contributed by atoms with Crippen LogP contribution >= 0.6 is 11.6 Å². The maximum absolute atomic E-state index is 13.0. The van der Waals surface area contributed by atoms with Crippen molar-refractivity contribution >= 4 is 17.6 Å². The fourth-order valence-corrected chi connectivity index (χ4v) is 3.18. The van der Waals surface area contributed by atoms with E-state index in [4.69, 9.17) is 11.6 Å². The lowest BCUT2D eigenvalue weighted by molar-refractivity contribution is 0.0695. The third-order valence-electron chi connectivity index (χ3n) is 4.32. The van der Waals surface area contributed by atoms with E-state index in [1.807, 2.05) is 24.3 Å². The summed E-state index contributed by atoms with van der Waals surface area (Å²) in [6.07, 6.45) is 2.18. The van der Waals surface area contributed by atoms with E-state index in [-0.39, 0.29) is 5.82 Å². The van der Waals surface area contributed by atoms with Crippen molar-refractivity contribution in [1.29, 1.82) is 0 Å². The molecule has 0 bridgehead atoms. The number of aromatic carboxylic acids is 1. The lowest BCUT2D eigenvalue weighted by atomic mass is 9.95. The van der Waals surface area contributed by atoms with Crippen LogP contribution in [0.3, 0.4) is 0 Å². The van der Waals surface area contributed by atoms with Crippen LogP contribution in [0.1, 0.15) is 27.9 Å². The number of carboxylic acid groups (broad SMARTS) is 1. The predicted molar refractivity (Wildman–Crippen MR) is 102 cm³/mol. The van der Waals surface area contributed by atoms with Gasteiger partial charge in [0.15, 0.2) is 0 Å². The lowest BCUT2D eigenvalue weighted by Crippen LogP contribution is -2.03. The molecule has 1 N–H and O–H groups in total. The fraction of sp³-hybridized carbons (Fsp3) is 0.136. The van der Waals surface area contributed by atoms with Gasteiger partial charge in [-0.2, -0.15) is 0 Å². The van der Waals surface area contributed by atoms with Crippen LogP contribution in [0.4, 0.5) is 4.39 Å². The number of rotatable bonds is 6. The van der Waals surface area contributed by atoms with Gasteiger partial charge in [0, 0.05) is 5.02 Å². The van der Waals surface area contributed by atoms with Crippen molar-refractivity contribution in [3.05, 3.63) is 94.3 Å². The Bertz CT molecular complexity index is 920. The summed E-state index contributed by atoms with van der Waals surface area (Å²) in [5, 5.41) is 10.1. The average Bonchev–Trinajstić information content (AvgIpc) is 2.63. The molecule has 0 fully saturated rings. The standard InChI is InChI=1S/C22H18ClFO2/c23-19-6-2-4-16(14-19)17-9-12-21(22(25)26)18(13-17)5-1-3-15-7-10-20(24)11-8-15/h2,4,6-14H,1,3,5H2,(H,25,26). The highest BCUT2D eigenvalue weighted by Gasteiger charge is 2.12. The van der Waals surface area contributed by atoms with E-state index < -0.39 is 5.97 Å². The van der Waals surface area contributed by atoms with Gasteiger partial charge in [-0.15, -0.1) is 0 Å². The Hall–Kier alpha value is -2.65. The van der Waals surface area contributed by atoms with Crippen LogP contribution in [0.2, 0.25) is 5.02 Å². The molecule has 0 aliphatic heterocycles. The Kier molecular flexibility index (Phi) is 5.69. The molecular weight excluding hydrogens is 351 g/mol. The van der Waals surface area contributed by atoms with Crippen LogP contribution in [0.15, 0.2) is 66.7 Å². The smallest absolute Gasteiger partial charge is 0.335 e. The Morgan fingerprint density at radius 1 is 0.923 bits per heavy atom. The minimum atomic E-state index is -0.931. The van der Waals surface area contributed by atoms with Gasteiger partial charge >= 0.3 is 5.97 Å². The molecule has 0 heterocycles. The van der Waals surface area contributed by atoms with Gasteiger partial charge in [0.2, 0.25) is 0 Å². The number of carbonyl (C=O) groups is 1.